The second kappa shape index (κ2) is 6.76. The van der Waals surface area contributed by atoms with Crippen molar-refractivity contribution < 1.29 is 9.59 Å². The fraction of sp³-hybridized carbons (Fsp3) is 0.211. The molecule has 7 heteroatoms. The van der Waals surface area contributed by atoms with E-state index in [9.17, 15) is 9.59 Å². The number of carbonyl (C=O) groups is 2. The number of carbonyl (C=O) groups excluding carboxylic acids is 2. The summed E-state index contributed by atoms with van der Waals surface area (Å²) >= 11 is 1.69. The van der Waals surface area contributed by atoms with E-state index in [1.165, 1.54) is 16.9 Å². The first kappa shape index (κ1) is 16.5. The van der Waals surface area contributed by atoms with Crippen LogP contribution >= 0.6 is 11.3 Å². The summed E-state index contributed by atoms with van der Waals surface area (Å²) < 4.78 is 1.57. The summed E-state index contributed by atoms with van der Waals surface area (Å²) in [5, 5.41) is 9.04. The van der Waals surface area contributed by atoms with E-state index in [0.717, 1.165) is 36.2 Å². The Balaban J connectivity index is 1.49. The average Bonchev–Trinajstić information content (AvgIpc) is 3.30. The van der Waals surface area contributed by atoms with Crippen molar-refractivity contribution in [1.82, 2.24) is 9.78 Å². The molecular weight excluding hydrogens is 348 g/mol. The van der Waals surface area contributed by atoms with Crippen LogP contribution in [0.5, 0.6) is 0 Å². The minimum atomic E-state index is -0.563. The minimum absolute atomic E-state index is 0.0627. The van der Waals surface area contributed by atoms with Crippen LogP contribution in [0.25, 0.3) is 5.69 Å². The van der Waals surface area contributed by atoms with E-state index < -0.39 is 5.91 Å². The number of benzene rings is 1. The Labute approximate surface area is 154 Å². The van der Waals surface area contributed by atoms with Crippen LogP contribution < -0.4 is 11.1 Å². The highest BCUT2D eigenvalue weighted by Gasteiger charge is 2.20. The quantitative estimate of drug-likeness (QED) is 0.743. The van der Waals surface area contributed by atoms with Crippen LogP contribution in [0.2, 0.25) is 0 Å². The van der Waals surface area contributed by atoms with Gasteiger partial charge in [-0.2, -0.15) is 5.10 Å². The van der Waals surface area contributed by atoms with Gasteiger partial charge in [0.05, 0.1) is 11.3 Å². The lowest BCUT2D eigenvalue weighted by atomic mass is 9.95. The van der Waals surface area contributed by atoms with Gasteiger partial charge in [-0.05, 0) is 61.6 Å². The molecule has 6 nitrogen and oxygen atoms in total. The van der Waals surface area contributed by atoms with Crippen molar-refractivity contribution in [3.05, 3.63) is 63.6 Å². The molecule has 0 aliphatic heterocycles. The van der Waals surface area contributed by atoms with E-state index in [1.54, 1.807) is 28.3 Å². The molecule has 2 aromatic heterocycles. The number of nitrogens with one attached hydrogen (secondary N) is 1. The standard InChI is InChI=1S/C19H18N4O2S/c20-18(24)16-9-10-23(22-16)13-7-5-12(6-8-13)21-19(25)15-11-26-17-4-2-1-3-14(15)17/h5-11H,1-4H2,(H2,20,24)(H,21,25). The van der Waals surface area contributed by atoms with Crippen molar-refractivity contribution in [1.29, 1.82) is 0 Å². The molecule has 26 heavy (non-hydrogen) atoms. The summed E-state index contributed by atoms with van der Waals surface area (Å²) in [5.74, 6) is -0.626. The Morgan fingerprint density at radius 3 is 2.62 bits per heavy atom. The first-order valence-corrected chi connectivity index (χ1v) is 9.36. The molecule has 0 fully saturated rings. The molecule has 0 saturated carbocycles. The summed E-state index contributed by atoms with van der Waals surface area (Å²) in [6.07, 6.45) is 6.10. The van der Waals surface area contributed by atoms with E-state index >= 15 is 0 Å². The topological polar surface area (TPSA) is 90.0 Å². The van der Waals surface area contributed by atoms with Crippen LogP contribution in [0.15, 0.2) is 41.9 Å². The predicted octanol–water partition coefficient (Wildman–Crippen LogP) is 3.16. The third kappa shape index (κ3) is 3.13. The van der Waals surface area contributed by atoms with E-state index in [1.807, 2.05) is 29.6 Å². The summed E-state index contributed by atoms with van der Waals surface area (Å²) in [6, 6.07) is 8.86. The smallest absolute Gasteiger partial charge is 0.269 e. The van der Waals surface area contributed by atoms with Gasteiger partial charge in [-0.1, -0.05) is 0 Å². The van der Waals surface area contributed by atoms with Crippen molar-refractivity contribution in [3.8, 4) is 5.69 Å². The molecule has 1 aliphatic rings. The number of anilines is 1. The maximum atomic E-state index is 12.6. The van der Waals surface area contributed by atoms with E-state index in [4.69, 9.17) is 5.73 Å². The summed E-state index contributed by atoms with van der Waals surface area (Å²) in [7, 11) is 0. The maximum Gasteiger partial charge on any atom is 0.269 e. The van der Waals surface area contributed by atoms with Crippen molar-refractivity contribution in [2.45, 2.75) is 25.7 Å². The number of nitrogens with zero attached hydrogens (tertiary/aromatic N) is 2. The van der Waals surface area contributed by atoms with Crippen molar-refractivity contribution in [2.24, 2.45) is 5.73 Å². The number of amides is 2. The van der Waals surface area contributed by atoms with Crippen LogP contribution in [0, 0.1) is 0 Å². The van der Waals surface area contributed by atoms with Crippen molar-refractivity contribution in [2.75, 3.05) is 5.32 Å². The zero-order valence-electron chi connectivity index (χ0n) is 14.1. The number of rotatable bonds is 4. The molecule has 0 radical (unpaired) electrons. The van der Waals surface area contributed by atoms with Crippen molar-refractivity contribution >= 4 is 28.8 Å². The Bertz CT molecular complexity index is 972. The van der Waals surface area contributed by atoms with Gasteiger partial charge in [0.15, 0.2) is 0 Å². The summed E-state index contributed by atoms with van der Waals surface area (Å²) in [6.45, 7) is 0. The second-order valence-electron chi connectivity index (χ2n) is 6.27. The molecule has 0 bridgehead atoms. The lowest BCUT2D eigenvalue weighted by Crippen LogP contribution is -2.14. The zero-order chi connectivity index (χ0) is 18.1. The maximum absolute atomic E-state index is 12.6. The number of aromatic nitrogens is 2. The number of hydrogen-bond donors (Lipinski definition) is 2. The third-order valence-electron chi connectivity index (χ3n) is 4.54. The third-order valence-corrected chi connectivity index (χ3v) is 5.63. The molecule has 1 aromatic carbocycles. The summed E-state index contributed by atoms with van der Waals surface area (Å²) in [4.78, 5) is 25.1. The molecule has 132 valence electrons. The van der Waals surface area contributed by atoms with Gasteiger partial charge in [0, 0.05) is 22.1 Å². The van der Waals surface area contributed by atoms with Crippen LogP contribution in [0.1, 0.15) is 44.1 Å². The first-order valence-electron chi connectivity index (χ1n) is 8.48. The Morgan fingerprint density at radius 1 is 1.12 bits per heavy atom. The van der Waals surface area contributed by atoms with Crippen LogP contribution in [-0.4, -0.2) is 21.6 Å². The lowest BCUT2D eigenvalue weighted by Gasteiger charge is -2.13. The Morgan fingerprint density at radius 2 is 1.88 bits per heavy atom. The fourth-order valence-electron chi connectivity index (χ4n) is 3.18. The zero-order valence-corrected chi connectivity index (χ0v) is 14.9. The first-order chi connectivity index (χ1) is 12.6. The normalized spacial score (nSPS) is 13.2. The van der Waals surface area contributed by atoms with Gasteiger partial charge >= 0.3 is 0 Å². The number of hydrogen-bond acceptors (Lipinski definition) is 4. The molecule has 0 unspecified atom stereocenters. The van der Waals surface area contributed by atoms with Gasteiger partial charge in [0.25, 0.3) is 11.8 Å². The highest BCUT2D eigenvalue weighted by molar-refractivity contribution is 7.10. The van der Waals surface area contributed by atoms with E-state index in [-0.39, 0.29) is 11.6 Å². The number of aryl methyl sites for hydroxylation is 1. The van der Waals surface area contributed by atoms with Crippen LogP contribution in [-0.2, 0) is 12.8 Å². The molecule has 1 aliphatic carbocycles. The average molecular weight is 366 g/mol. The number of fused-ring (bicyclic) bond motifs is 1. The number of primary amides is 1. The Hall–Kier alpha value is -2.93. The number of thiophene rings is 1. The molecule has 4 rings (SSSR count). The van der Waals surface area contributed by atoms with Gasteiger partial charge in [-0.15, -0.1) is 11.3 Å². The molecule has 2 amide bonds. The van der Waals surface area contributed by atoms with E-state index in [0.29, 0.717) is 0 Å². The monoisotopic (exact) mass is 366 g/mol. The second-order valence-corrected chi connectivity index (χ2v) is 7.23. The van der Waals surface area contributed by atoms with Crippen LogP contribution in [0.3, 0.4) is 0 Å². The summed E-state index contributed by atoms with van der Waals surface area (Å²) in [5.41, 5.74) is 8.94. The predicted molar refractivity (Wildman–Crippen MR) is 101 cm³/mol. The van der Waals surface area contributed by atoms with Gasteiger partial charge in [0.1, 0.15) is 5.69 Å². The highest BCUT2D eigenvalue weighted by Crippen LogP contribution is 2.30. The van der Waals surface area contributed by atoms with Crippen LogP contribution in [0.4, 0.5) is 5.69 Å². The minimum Gasteiger partial charge on any atom is -0.364 e. The number of nitrogens with two attached hydrogens (primary N) is 1. The van der Waals surface area contributed by atoms with Gasteiger partial charge in [-0.3, -0.25) is 9.59 Å². The van der Waals surface area contributed by atoms with Gasteiger partial charge in [-0.25, -0.2) is 4.68 Å². The molecule has 2 heterocycles. The van der Waals surface area contributed by atoms with Gasteiger partial charge in [0.2, 0.25) is 0 Å². The fourth-order valence-corrected chi connectivity index (χ4v) is 4.31. The Kier molecular flexibility index (Phi) is 4.30. The van der Waals surface area contributed by atoms with E-state index in [2.05, 4.69) is 10.4 Å². The SMILES string of the molecule is NC(=O)c1ccn(-c2ccc(NC(=O)c3csc4c3CCCC4)cc2)n1. The molecular formula is C19H18N4O2S. The van der Waals surface area contributed by atoms with Crippen molar-refractivity contribution in [3.63, 3.8) is 0 Å². The molecule has 0 spiro atoms. The van der Waals surface area contributed by atoms with Gasteiger partial charge < -0.3 is 11.1 Å². The highest BCUT2D eigenvalue weighted by atomic mass is 32.1. The molecule has 3 N–H and O–H groups in total. The molecule has 0 atom stereocenters. The lowest BCUT2D eigenvalue weighted by molar-refractivity contribution is 0.0993. The molecule has 3 aromatic rings. The largest absolute Gasteiger partial charge is 0.364 e. The molecule has 0 saturated heterocycles.